The number of para-hydroxylation sites is 1. The van der Waals surface area contributed by atoms with Gasteiger partial charge in [0.05, 0.1) is 5.69 Å². The van der Waals surface area contributed by atoms with Gasteiger partial charge in [-0.3, -0.25) is 4.99 Å². The maximum Gasteiger partial charge on any atom is 0.124 e. The van der Waals surface area contributed by atoms with Gasteiger partial charge < -0.3 is 10.8 Å². The van der Waals surface area contributed by atoms with E-state index in [1.165, 1.54) is 0 Å². The molecule has 0 unspecified atom stereocenters. The Morgan fingerprint density at radius 1 is 0.850 bits per heavy atom. The molecule has 0 saturated heterocycles. The Kier molecular flexibility index (Phi) is 3.09. The van der Waals surface area contributed by atoms with Crippen LogP contribution in [0.3, 0.4) is 0 Å². The first-order valence-electron chi connectivity index (χ1n) is 6.35. The van der Waals surface area contributed by atoms with Crippen LogP contribution in [0.2, 0.25) is 0 Å². The molecule has 0 radical (unpaired) electrons. The van der Waals surface area contributed by atoms with E-state index < -0.39 is 0 Å². The molecule has 98 valence electrons. The van der Waals surface area contributed by atoms with Crippen molar-refractivity contribution in [3.05, 3.63) is 66.2 Å². The minimum Gasteiger partial charge on any atom is -0.507 e. The van der Waals surface area contributed by atoms with Crippen LogP contribution in [0, 0.1) is 0 Å². The molecule has 0 atom stereocenters. The van der Waals surface area contributed by atoms with Crippen molar-refractivity contribution in [1.82, 2.24) is 0 Å². The van der Waals surface area contributed by atoms with Crippen LogP contribution < -0.4 is 5.73 Å². The van der Waals surface area contributed by atoms with Crippen molar-refractivity contribution in [3.63, 3.8) is 0 Å². The zero-order valence-corrected chi connectivity index (χ0v) is 10.8. The monoisotopic (exact) mass is 262 g/mol. The number of benzene rings is 3. The molecule has 3 rings (SSSR count). The standard InChI is InChI=1S/C17H14N2O/c18-15-9-10-16(14-7-3-2-6-13(14)15)19-11-12-5-1-4-8-17(12)20/h1-11,20H,18H2/b19-11+. The highest BCUT2D eigenvalue weighted by Crippen LogP contribution is 2.30. The summed E-state index contributed by atoms with van der Waals surface area (Å²) in [5.41, 5.74) is 8.22. The number of phenols is 1. The molecule has 0 aliphatic carbocycles. The van der Waals surface area contributed by atoms with Crippen molar-refractivity contribution in [3.8, 4) is 5.75 Å². The third kappa shape index (κ3) is 2.21. The number of hydrogen-bond acceptors (Lipinski definition) is 3. The Morgan fingerprint density at radius 3 is 2.35 bits per heavy atom. The van der Waals surface area contributed by atoms with E-state index in [-0.39, 0.29) is 5.75 Å². The van der Waals surface area contributed by atoms with E-state index in [1.807, 2.05) is 48.5 Å². The predicted molar refractivity (Wildman–Crippen MR) is 83.7 cm³/mol. The minimum absolute atomic E-state index is 0.219. The molecule has 3 aromatic carbocycles. The number of hydrogen-bond donors (Lipinski definition) is 2. The van der Waals surface area contributed by atoms with Gasteiger partial charge in [-0.2, -0.15) is 0 Å². The van der Waals surface area contributed by atoms with Crippen LogP contribution in [0.5, 0.6) is 5.75 Å². The lowest BCUT2D eigenvalue weighted by Crippen LogP contribution is -1.87. The number of anilines is 1. The normalized spacial score (nSPS) is 11.2. The number of rotatable bonds is 2. The SMILES string of the molecule is Nc1ccc(/N=C/c2ccccc2O)c2ccccc12. The molecule has 0 aromatic heterocycles. The van der Waals surface area contributed by atoms with Crippen molar-refractivity contribution in [1.29, 1.82) is 0 Å². The first-order valence-corrected chi connectivity index (χ1v) is 6.35. The summed E-state index contributed by atoms with van der Waals surface area (Å²) in [6.45, 7) is 0. The molecule has 0 bridgehead atoms. The summed E-state index contributed by atoms with van der Waals surface area (Å²) < 4.78 is 0. The molecule has 3 heteroatoms. The van der Waals surface area contributed by atoms with Gasteiger partial charge in [0.25, 0.3) is 0 Å². The molecular formula is C17H14N2O. The summed E-state index contributed by atoms with van der Waals surface area (Å²) in [6.07, 6.45) is 1.66. The first-order chi connectivity index (χ1) is 9.75. The maximum atomic E-state index is 9.73. The van der Waals surface area contributed by atoms with Crippen LogP contribution in [-0.4, -0.2) is 11.3 Å². The second-order valence-electron chi connectivity index (χ2n) is 4.54. The van der Waals surface area contributed by atoms with E-state index >= 15 is 0 Å². The van der Waals surface area contributed by atoms with Gasteiger partial charge in [-0.15, -0.1) is 0 Å². The first kappa shape index (κ1) is 12.2. The minimum atomic E-state index is 0.219. The lowest BCUT2D eigenvalue weighted by Gasteiger charge is -2.05. The van der Waals surface area contributed by atoms with Crippen molar-refractivity contribution >= 4 is 28.4 Å². The molecular weight excluding hydrogens is 248 g/mol. The van der Waals surface area contributed by atoms with E-state index in [0.717, 1.165) is 22.1 Å². The molecule has 0 aliphatic rings. The maximum absolute atomic E-state index is 9.73. The third-order valence-electron chi connectivity index (χ3n) is 3.21. The van der Waals surface area contributed by atoms with Gasteiger partial charge in [0.15, 0.2) is 0 Å². The van der Waals surface area contributed by atoms with E-state index in [1.54, 1.807) is 18.3 Å². The fourth-order valence-corrected chi connectivity index (χ4v) is 2.15. The van der Waals surface area contributed by atoms with Crippen molar-refractivity contribution in [2.24, 2.45) is 4.99 Å². The van der Waals surface area contributed by atoms with Crippen LogP contribution >= 0.6 is 0 Å². The number of aromatic hydroxyl groups is 1. The average molecular weight is 262 g/mol. The lowest BCUT2D eigenvalue weighted by atomic mass is 10.1. The van der Waals surface area contributed by atoms with Gasteiger partial charge >= 0.3 is 0 Å². The van der Waals surface area contributed by atoms with Crippen molar-refractivity contribution in [2.75, 3.05) is 5.73 Å². The number of aliphatic imine (C=N–C) groups is 1. The summed E-state index contributed by atoms with van der Waals surface area (Å²) in [6, 6.07) is 18.7. The summed E-state index contributed by atoms with van der Waals surface area (Å²) in [5, 5.41) is 11.7. The Morgan fingerprint density at radius 2 is 1.55 bits per heavy atom. The van der Waals surface area contributed by atoms with Crippen LogP contribution in [0.15, 0.2) is 65.7 Å². The van der Waals surface area contributed by atoms with Gasteiger partial charge in [-0.1, -0.05) is 36.4 Å². The number of nitrogen functional groups attached to an aromatic ring is 1. The number of fused-ring (bicyclic) bond motifs is 1. The van der Waals surface area contributed by atoms with E-state index in [0.29, 0.717) is 5.56 Å². The summed E-state index contributed by atoms with van der Waals surface area (Å²) >= 11 is 0. The molecule has 3 N–H and O–H groups in total. The van der Waals surface area contributed by atoms with Gasteiger partial charge in [0.2, 0.25) is 0 Å². The fourth-order valence-electron chi connectivity index (χ4n) is 2.15. The van der Waals surface area contributed by atoms with E-state index in [4.69, 9.17) is 5.73 Å². The van der Waals surface area contributed by atoms with Crippen LogP contribution in [0.25, 0.3) is 10.8 Å². The molecule has 0 heterocycles. The number of nitrogens with two attached hydrogens (primary N) is 1. The molecule has 3 nitrogen and oxygen atoms in total. The highest BCUT2D eigenvalue weighted by Gasteiger charge is 2.02. The van der Waals surface area contributed by atoms with Gasteiger partial charge in [-0.05, 0) is 24.3 Å². The summed E-state index contributed by atoms with van der Waals surface area (Å²) in [7, 11) is 0. The Bertz CT molecular complexity index is 794. The molecule has 0 saturated carbocycles. The molecule has 0 amide bonds. The number of nitrogens with zero attached hydrogens (tertiary/aromatic N) is 1. The second-order valence-corrected chi connectivity index (χ2v) is 4.54. The largest absolute Gasteiger partial charge is 0.507 e. The second kappa shape index (κ2) is 5.05. The third-order valence-corrected chi connectivity index (χ3v) is 3.21. The van der Waals surface area contributed by atoms with Crippen LogP contribution in [0.4, 0.5) is 11.4 Å². The predicted octanol–water partition coefficient (Wildman–Crippen LogP) is 3.88. The zero-order valence-electron chi connectivity index (χ0n) is 10.8. The quantitative estimate of drug-likeness (QED) is 0.544. The smallest absolute Gasteiger partial charge is 0.124 e. The van der Waals surface area contributed by atoms with Crippen molar-refractivity contribution in [2.45, 2.75) is 0 Å². The Hall–Kier alpha value is -2.81. The van der Waals surface area contributed by atoms with Gasteiger partial charge in [-0.25, -0.2) is 0 Å². The summed E-state index contributed by atoms with van der Waals surface area (Å²) in [5.74, 6) is 0.219. The topological polar surface area (TPSA) is 58.6 Å². The molecule has 0 fully saturated rings. The van der Waals surface area contributed by atoms with E-state index in [9.17, 15) is 5.11 Å². The molecule has 20 heavy (non-hydrogen) atoms. The fraction of sp³-hybridized carbons (Fsp3) is 0. The highest BCUT2D eigenvalue weighted by molar-refractivity contribution is 6.01. The number of phenolic OH excluding ortho intramolecular Hbond substituents is 1. The molecule has 3 aromatic rings. The Balaban J connectivity index is 2.08. The lowest BCUT2D eigenvalue weighted by molar-refractivity contribution is 0.474. The summed E-state index contributed by atoms with van der Waals surface area (Å²) in [4.78, 5) is 4.47. The van der Waals surface area contributed by atoms with Crippen LogP contribution in [0.1, 0.15) is 5.56 Å². The van der Waals surface area contributed by atoms with Crippen molar-refractivity contribution < 1.29 is 5.11 Å². The van der Waals surface area contributed by atoms with Crippen LogP contribution in [-0.2, 0) is 0 Å². The average Bonchev–Trinajstić information content (AvgIpc) is 2.48. The zero-order chi connectivity index (χ0) is 13.9. The molecule has 0 spiro atoms. The van der Waals surface area contributed by atoms with Gasteiger partial charge in [0, 0.05) is 28.2 Å². The van der Waals surface area contributed by atoms with E-state index in [2.05, 4.69) is 4.99 Å². The highest BCUT2D eigenvalue weighted by atomic mass is 16.3. The van der Waals surface area contributed by atoms with Gasteiger partial charge in [0.1, 0.15) is 5.75 Å². The Labute approximate surface area is 117 Å². The molecule has 0 aliphatic heterocycles.